The van der Waals surface area contributed by atoms with Crippen molar-refractivity contribution in [3.63, 3.8) is 0 Å². The van der Waals surface area contributed by atoms with Crippen LogP contribution in [0.3, 0.4) is 0 Å². The third-order valence-electron chi connectivity index (χ3n) is 3.08. The Bertz CT molecular complexity index is 635. The highest BCUT2D eigenvalue weighted by atomic mass is 79.9. The number of nitrogens with two attached hydrogens (primary N) is 1. The van der Waals surface area contributed by atoms with Gasteiger partial charge in [0.15, 0.2) is 5.75 Å². The van der Waals surface area contributed by atoms with Gasteiger partial charge < -0.3 is 10.5 Å². The molecule has 2 rings (SSSR count). The zero-order chi connectivity index (χ0) is 15.6. The summed E-state index contributed by atoms with van der Waals surface area (Å²) in [4.78, 5) is 0. The van der Waals surface area contributed by atoms with Crippen LogP contribution in [0.25, 0.3) is 0 Å². The zero-order valence-electron chi connectivity index (χ0n) is 11.8. The molecular formula is C14H16Br2ClN3O. The molecule has 2 N–H and O–H groups in total. The number of rotatable bonds is 5. The minimum absolute atomic E-state index is 0.381. The van der Waals surface area contributed by atoms with Crippen molar-refractivity contribution in [2.75, 3.05) is 5.73 Å². The standard InChI is InChI=1S/C14H16Br2ClN3O/c1-3-11-13(16)12(20(4-2)19-11)7-21-14-9(15)5-8(17)6-10(14)18/h5-6H,3-4,7,18H2,1-2H3. The average molecular weight is 438 g/mol. The quantitative estimate of drug-likeness (QED) is 0.684. The van der Waals surface area contributed by atoms with E-state index in [1.807, 2.05) is 4.68 Å². The van der Waals surface area contributed by atoms with Gasteiger partial charge in [-0.2, -0.15) is 5.10 Å². The van der Waals surface area contributed by atoms with Gasteiger partial charge in [-0.15, -0.1) is 0 Å². The average Bonchev–Trinajstić information content (AvgIpc) is 2.73. The van der Waals surface area contributed by atoms with Crippen LogP contribution in [-0.4, -0.2) is 9.78 Å². The van der Waals surface area contributed by atoms with Gasteiger partial charge in [-0.3, -0.25) is 4.68 Å². The van der Waals surface area contributed by atoms with Crippen LogP contribution in [0.5, 0.6) is 5.75 Å². The van der Waals surface area contributed by atoms with E-state index in [0.29, 0.717) is 23.1 Å². The van der Waals surface area contributed by atoms with Gasteiger partial charge in [-0.25, -0.2) is 0 Å². The lowest BCUT2D eigenvalue weighted by Gasteiger charge is -2.12. The molecule has 0 radical (unpaired) electrons. The minimum Gasteiger partial charge on any atom is -0.484 e. The van der Waals surface area contributed by atoms with E-state index in [9.17, 15) is 0 Å². The summed E-state index contributed by atoms with van der Waals surface area (Å²) in [5.74, 6) is 0.591. The number of benzene rings is 1. The molecule has 0 aliphatic rings. The molecule has 114 valence electrons. The summed E-state index contributed by atoms with van der Waals surface area (Å²) in [6.07, 6.45) is 0.868. The fourth-order valence-electron chi connectivity index (χ4n) is 2.03. The summed E-state index contributed by atoms with van der Waals surface area (Å²) in [5.41, 5.74) is 8.48. The molecule has 0 aliphatic carbocycles. The Morgan fingerprint density at radius 2 is 2.05 bits per heavy atom. The second-order valence-electron chi connectivity index (χ2n) is 4.47. The molecular weight excluding hydrogens is 421 g/mol. The Hall–Kier alpha value is -0.720. The van der Waals surface area contributed by atoms with Gasteiger partial charge in [-0.1, -0.05) is 18.5 Å². The van der Waals surface area contributed by atoms with E-state index in [1.165, 1.54) is 0 Å². The maximum atomic E-state index is 5.95. The van der Waals surface area contributed by atoms with Crippen molar-refractivity contribution in [1.29, 1.82) is 0 Å². The summed E-state index contributed by atoms with van der Waals surface area (Å²) in [6.45, 7) is 5.29. The van der Waals surface area contributed by atoms with Crippen LogP contribution in [0.2, 0.25) is 5.02 Å². The number of hydrogen-bond donors (Lipinski definition) is 1. The topological polar surface area (TPSA) is 53.1 Å². The van der Waals surface area contributed by atoms with E-state index in [0.717, 1.165) is 33.3 Å². The van der Waals surface area contributed by atoms with Crippen molar-refractivity contribution >= 4 is 49.1 Å². The fraction of sp³-hybridized carbons (Fsp3) is 0.357. The molecule has 0 saturated carbocycles. The first kappa shape index (κ1) is 16.6. The predicted molar refractivity (Wildman–Crippen MR) is 92.9 cm³/mol. The number of nitrogens with zero attached hydrogens (tertiary/aromatic N) is 2. The van der Waals surface area contributed by atoms with Crippen molar-refractivity contribution in [3.05, 3.63) is 37.5 Å². The highest BCUT2D eigenvalue weighted by Crippen LogP contribution is 2.35. The number of nitrogen functional groups attached to an aromatic ring is 1. The maximum absolute atomic E-state index is 5.95. The Morgan fingerprint density at radius 1 is 1.33 bits per heavy atom. The second kappa shape index (κ2) is 7.03. The summed E-state index contributed by atoms with van der Waals surface area (Å²) >= 11 is 13.0. The van der Waals surface area contributed by atoms with Crippen molar-refractivity contribution in [3.8, 4) is 5.75 Å². The van der Waals surface area contributed by atoms with Crippen LogP contribution in [0.4, 0.5) is 5.69 Å². The van der Waals surface area contributed by atoms with Crippen molar-refractivity contribution in [2.24, 2.45) is 0 Å². The number of hydrogen-bond acceptors (Lipinski definition) is 3. The number of anilines is 1. The Kier molecular flexibility index (Phi) is 5.57. The first-order chi connectivity index (χ1) is 9.97. The molecule has 0 fully saturated rings. The molecule has 0 amide bonds. The lowest BCUT2D eigenvalue weighted by molar-refractivity contribution is 0.291. The van der Waals surface area contributed by atoms with Gasteiger partial charge >= 0.3 is 0 Å². The van der Waals surface area contributed by atoms with E-state index < -0.39 is 0 Å². The smallest absolute Gasteiger partial charge is 0.157 e. The summed E-state index contributed by atoms with van der Waals surface area (Å²) < 4.78 is 9.54. The number of halogens is 3. The lowest BCUT2D eigenvalue weighted by atomic mass is 10.3. The minimum atomic E-state index is 0.381. The van der Waals surface area contributed by atoms with Gasteiger partial charge in [0.05, 0.1) is 26.0 Å². The molecule has 1 aromatic carbocycles. The first-order valence-electron chi connectivity index (χ1n) is 6.59. The van der Waals surface area contributed by atoms with E-state index in [-0.39, 0.29) is 0 Å². The molecule has 0 atom stereocenters. The summed E-state index contributed by atoms with van der Waals surface area (Å²) in [5, 5.41) is 5.11. The summed E-state index contributed by atoms with van der Waals surface area (Å²) in [6, 6.07) is 3.43. The first-order valence-corrected chi connectivity index (χ1v) is 8.55. The van der Waals surface area contributed by atoms with Gasteiger partial charge in [0.1, 0.15) is 6.61 Å². The molecule has 0 spiro atoms. The van der Waals surface area contributed by atoms with Crippen LogP contribution in [0.15, 0.2) is 21.1 Å². The van der Waals surface area contributed by atoms with Gasteiger partial charge in [-0.05, 0) is 57.3 Å². The Balaban J connectivity index is 2.26. The molecule has 2 aromatic rings. The van der Waals surface area contributed by atoms with Crippen LogP contribution in [-0.2, 0) is 19.6 Å². The third-order valence-corrected chi connectivity index (χ3v) is 4.81. The number of aromatic nitrogens is 2. The highest BCUT2D eigenvalue weighted by molar-refractivity contribution is 9.10. The predicted octanol–water partition coefficient (Wildman–Crippen LogP) is 4.81. The van der Waals surface area contributed by atoms with E-state index in [2.05, 4.69) is 50.8 Å². The molecule has 0 saturated heterocycles. The summed E-state index contributed by atoms with van der Waals surface area (Å²) in [7, 11) is 0. The molecule has 0 unspecified atom stereocenters. The molecule has 4 nitrogen and oxygen atoms in total. The fourth-order valence-corrected chi connectivity index (χ4v) is 3.66. The van der Waals surface area contributed by atoms with Crippen molar-refractivity contribution in [2.45, 2.75) is 33.4 Å². The number of ether oxygens (including phenoxy) is 1. The largest absolute Gasteiger partial charge is 0.484 e. The van der Waals surface area contributed by atoms with E-state index in [4.69, 9.17) is 22.1 Å². The molecule has 1 aromatic heterocycles. The molecule has 1 heterocycles. The van der Waals surface area contributed by atoms with Crippen LogP contribution >= 0.6 is 43.5 Å². The Labute approximate surface area is 145 Å². The monoisotopic (exact) mass is 435 g/mol. The van der Waals surface area contributed by atoms with E-state index >= 15 is 0 Å². The number of aryl methyl sites for hydroxylation is 2. The molecule has 21 heavy (non-hydrogen) atoms. The second-order valence-corrected chi connectivity index (χ2v) is 6.56. The molecule has 0 bridgehead atoms. The maximum Gasteiger partial charge on any atom is 0.157 e. The van der Waals surface area contributed by atoms with Crippen LogP contribution < -0.4 is 10.5 Å². The zero-order valence-corrected chi connectivity index (χ0v) is 15.7. The lowest BCUT2D eigenvalue weighted by Crippen LogP contribution is -2.07. The van der Waals surface area contributed by atoms with Gasteiger partial charge in [0.2, 0.25) is 0 Å². The third kappa shape index (κ3) is 3.55. The van der Waals surface area contributed by atoms with Gasteiger partial charge in [0, 0.05) is 11.6 Å². The van der Waals surface area contributed by atoms with Crippen LogP contribution in [0.1, 0.15) is 25.2 Å². The van der Waals surface area contributed by atoms with Crippen LogP contribution in [0, 0.1) is 0 Å². The Morgan fingerprint density at radius 3 is 2.62 bits per heavy atom. The van der Waals surface area contributed by atoms with E-state index in [1.54, 1.807) is 12.1 Å². The van der Waals surface area contributed by atoms with Crippen molar-refractivity contribution in [1.82, 2.24) is 9.78 Å². The molecule has 0 aliphatic heterocycles. The molecule has 7 heteroatoms. The highest BCUT2D eigenvalue weighted by Gasteiger charge is 2.16. The van der Waals surface area contributed by atoms with Crippen molar-refractivity contribution < 1.29 is 4.74 Å². The SMILES string of the molecule is CCc1nn(CC)c(COc2c(N)cc(Cl)cc2Br)c1Br. The normalized spacial score (nSPS) is 10.9. The van der Waals surface area contributed by atoms with Gasteiger partial charge in [0.25, 0.3) is 0 Å².